The Morgan fingerprint density at radius 1 is 0.608 bits per heavy atom. The fraction of sp³-hybridized carbons (Fsp3) is 0.757. The fourth-order valence-electron chi connectivity index (χ4n) is 16.8. The van der Waals surface area contributed by atoms with Crippen LogP contribution in [0.25, 0.3) is 0 Å². The Morgan fingerprint density at radius 2 is 1.25 bits per heavy atom. The van der Waals surface area contributed by atoms with Crippen LogP contribution in [0.2, 0.25) is 0 Å². The van der Waals surface area contributed by atoms with Gasteiger partial charge in [-0.15, -0.1) is 8.78 Å². The molecule has 0 bridgehead atoms. The minimum absolute atomic E-state index is 0.0247. The van der Waals surface area contributed by atoms with Crippen LogP contribution in [0, 0.1) is 23.7 Å². The second-order valence-corrected chi connectivity index (χ2v) is 30.9. The van der Waals surface area contributed by atoms with Crippen LogP contribution in [0.1, 0.15) is 194 Å². The first-order valence-corrected chi connectivity index (χ1v) is 37.6. The number of hydrogen-bond donors (Lipinski definition) is 3. The maximum absolute atomic E-state index is 15.8. The normalized spacial score (nSPS) is 29.1. The van der Waals surface area contributed by atoms with Crippen molar-refractivity contribution in [2.75, 3.05) is 75.0 Å². The van der Waals surface area contributed by atoms with Crippen molar-refractivity contribution in [3.8, 4) is 11.5 Å². The molecule has 102 heavy (non-hydrogen) atoms. The zero-order valence-electron chi connectivity index (χ0n) is 61.9. The summed E-state index contributed by atoms with van der Waals surface area (Å²) in [6.45, 7) is 9.39. The number of piperidine rings is 1. The van der Waals surface area contributed by atoms with Crippen LogP contribution in [0.5, 0.6) is 11.5 Å². The molecule has 1 spiro atoms. The van der Waals surface area contributed by atoms with E-state index in [2.05, 4.69) is 20.7 Å². The number of alkyl halides is 2. The van der Waals surface area contributed by atoms with Crippen LogP contribution >= 0.6 is 0 Å². The van der Waals surface area contributed by atoms with Crippen molar-refractivity contribution in [1.82, 2.24) is 60.0 Å². The molecule has 10 atom stereocenters. The van der Waals surface area contributed by atoms with Crippen LogP contribution < -0.4 is 25.4 Å². The third-order valence-electron chi connectivity index (χ3n) is 23.5. The molecular formula is C74H112F2N12O14. The van der Waals surface area contributed by atoms with Crippen LogP contribution in [0.15, 0.2) is 18.2 Å². The average molecular weight is 1430 g/mol. The van der Waals surface area contributed by atoms with Gasteiger partial charge in [-0.3, -0.25) is 57.5 Å². The molecule has 12 amide bonds. The van der Waals surface area contributed by atoms with Gasteiger partial charge in [-0.2, -0.15) is 0 Å². The van der Waals surface area contributed by atoms with Gasteiger partial charge in [0.15, 0.2) is 11.5 Å². The van der Waals surface area contributed by atoms with Crippen LogP contribution in [0.3, 0.4) is 0 Å². The smallest absolute Gasteiger partial charge is 0.395 e. The molecule has 0 radical (unpaired) electrons. The van der Waals surface area contributed by atoms with Crippen molar-refractivity contribution in [3.05, 3.63) is 23.8 Å². The zero-order chi connectivity index (χ0) is 74.2. The van der Waals surface area contributed by atoms with Crippen molar-refractivity contribution in [2.24, 2.45) is 23.7 Å². The lowest BCUT2D eigenvalue weighted by atomic mass is 9.84. The molecule has 9 rings (SSSR count). The third-order valence-corrected chi connectivity index (χ3v) is 23.5. The molecule has 1 aromatic carbocycles. The molecule has 3 N–H and O–H groups in total. The monoisotopic (exact) mass is 1430 g/mol. The summed E-state index contributed by atoms with van der Waals surface area (Å²) in [5, 5.41) is 8.91. The second kappa shape index (κ2) is 33.8. The lowest BCUT2D eigenvalue weighted by Gasteiger charge is -2.45. The number of nitrogens with one attached hydrogen (secondary N) is 3. The molecule has 3 saturated carbocycles. The Bertz CT molecular complexity index is 3260. The molecule has 4 saturated heterocycles. The SMILES string of the molecule is CC[C@H](C)[C@@H]1NC(=O)[C@H](CC(C)C)N(C)C(=O)C[C@@H](C(=O)N2CCCCC2)N(C)C(=O)[C@H](C2CCCC2)N(C)C(=O)C2(CCCC2)NC(=O)[C@@H]2CCCN2C(=O)[C@H](CCc2ccc3c(c2)OC(F)(F)O3)NC(=O)CN(C)C(=O)[C@H](CC2CCCCC2)N(C)C(=O)[C@@H]2CCN2C(=O)[C@H](C)N(C)C1=O. The molecule has 26 nitrogen and oxygen atoms in total. The van der Waals surface area contributed by atoms with Gasteiger partial charge in [-0.05, 0) is 138 Å². The van der Waals surface area contributed by atoms with Gasteiger partial charge in [-0.1, -0.05) is 98.0 Å². The number of halogens is 2. The largest absolute Gasteiger partial charge is 0.586 e. The summed E-state index contributed by atoms with van der Waals surface area (Å²) in [5.74, 6) is -8.56. The maximum Gasteiger partial charge on any atom is 0.586 e. The van der Waals surface area contributed by atoms with E-state index in [-0.39, 0.29) is 93.7 Å². The van der Waals surface area contributed by atoms with Gasteiger partial charge in [0.1, 0.15) is 59.9 Å². The first-order valence-electron chi connectivity index (χ1n) is 37.6. The van der Waals surface area contributed by atoms with E-state index >= 15 is 38.4 Å². The van der Waals surface area contributed by atoms with Crippen molar-refractivity contribution in [2.45, 2.75) is 261 Å². The van der Waals surface area contributed by atoms with E-state index in [9.17, 15) is 28.0 Å². The van der Waals surface area contributed by atoms with Gasteiger partial charge >= 0.3 is 6.29 Å². The standard InChI is InChI=1S/C74H112F2N12O14/c1-12-46(4)61-70(98)81(7)47(5)65(93)88-39-33-53(88)68(96)83(9)55(41-48-24-15-13-16-25-48)67(95)80(6)44-59(89)77-51(31-29-49-30-32-57-58(42-49)102-74(75,76)101-57)66(94)87-38-23-28-52(87)64(92)79-73(34-19-20-35-73)72(100)85(11)62(50-26-17-18-27-50)71(99)84(10)56(69(97)86-36-21-14-22-37-86)43-60(90)82(8)54(40-45(2)3)63(91)78-61/h30,32,42,45-48,50-56,61-62H,12-29,31,33-41,43-44H2,1-11H3,(H,77,89)(H,78,91)(H,79,92)/t46-,47-,51-,52-,53-,54-,55-,56-,61-,62-/m0/s1. The summed E-state index contributed by atoms with van der Waals surface area (Å²) in [6.07, 6.45) is 7.92. The van der Waals surface area contributed by atoms with Gasteiger partial charge in [0.2, 0.25) is 70.9 Å². The number of aryl methyl sites for hydroxylation is 1. The van der Waals surface area contributed by atoms with E-state index in [1.165, 1.54) is 99.7 Å². The van der Waals surface area contributed by atoms with Crippen molar-refractivity contribution in [1.29, 1.82) is 0 Å². The highest BCUT2D eigenvalue weighted by Gasteiger charge is 2.53. The van der Waals surface area contributed by atoms with Crippen molar-refractivity contribution in [3.63, 3.8) is 0 Å². The number of ether oxygens (including phenoxy) is 2. The number of carbonyl (C=O) groups excluding carboxylic acids is 12. The van der Waals surface area contributed by atoms with Gasteiger partial charge in [0.05, 0.1) is 13.0 Å². The zero-order valence-corrected chi connectivity index (χ0v) is 61.9. The molecule has 5 heterocycles. The van der Waals surface area contributed by atoms with Crippen LogP contribution in [-0.2, 0) is 64.0 Å². The van der Waals surface area contributed by atoms with Gasteiger partial charge < -0.3 is 69.5 Å². The molecule has 566 valence electrons. The van der Waals surface area contributed by atoms with Crippen molar-refractivity contribution < 1.29 is 75.8 Å². The fourth-order valence-corrected chi connectivity index (χ4v) is 16.8. The summed E-state index contributed by atoms with van der Waals surface area (Å²) in [6, 6.07) is -6.49. The number of rotatable bonds is 11. The second-order valence-electron chi connectivity index (χ2n) is 30.9. The number of nitrogens with zero attached hydrogens (tertiary/aromatic N) is 9. The Hall–Kier alpha value is -7.68. The molecular weight excluding hydrogens is 1320 g/mol. The molecule has 1 aromatic rings. The summed E-state index contributed by atoms with van der Waals surface area (Å²) in [4.78, 5) is 194. The molecule has 5 aliphatic heterocycles. The summed E-state index contributed by atoms with van der Waals surface area (Å²) < 4.78 is 37.8. The highest BCUT2D eigenvalue weighted by atomic mass is 19.3. The van der Waals surface area contributed by atoms with Crippen molar-refractivity contribution >= 4 is 70.9 Å². The number of hydrogen-bond acceptors (Lipinski definition) is 14. The Morgan fingerprint density at radius 3 is 1.88 bits per heavy atom. The number of likely N-dealkylation sites (N-methyl/N-ethyl adjacent to an activating group) is 6. The third kappa shape index (κ3) is 17.7. The maximum atomic E-state index is 15.8. The minimum Gasteiger partial charge on any atom is -0.395 e. The van der Waals surface area contributed by atoms with E-state index in [4.69, 9.17) is 4.74 Å². The van der Waals surface area contributed by atoms with Gasteiger partial charge in [0, 0.05) is 68.5 Å². The van der Waals surface area contributed by atoms with Crippen LogP contribution in [0.4, 0.5) is 8.78 Å². The topological polar surface area (TPSA) is 289 Å². The average Bonchev–Trinajstić information content (AvgIpc) is 1.49. The Kier molecular flexibility index (Phi) is 26.0. The predicted molar refractivity (Wildman–Crippen MR) is 372 cm³/mol. The predicted octanol–water partition coefficient (Wildman–Crippen LogP) is 5.21. The van der Waals surface area contributed by atoms with Gasteiger partial charge in [0.25, 0.3) is 0 Å². The highest BCUT2D eigenvalue weighted by Crippen LogP contribution is 2.42. The van der Waals surface area contributed by atoms with E-state index < -0.39 is 156 Å². The molecule has 7 fully saturated rings. The Balaban J connectivity index is 1.08. The molecule has 0 unspecified atom stereocenters. The number of benzene rings is 1. The van der Waals surface area contributed by atoms with E-state index in [0.29, 0.717) is 70.0 Å². The molecule has 0 aromatic heterocycles. The lowest BCUT2D eigenvalue weighted by molar-refractivity contribution is -0.286. The number of fused-ring (bicyclic) bond motifs is 3. The summed E-state index contributed by atoms with van der Waals surface area (Å²) in [7, 11) is 8.85. The quantitative estimate of drug-likeness (QED) is 0.256. The first kappa shape index (κ1) is 78.5. The summed E-state index contributed by atoms with van der Waals surface area (Å²) in [5.41, 5.74) is -1.10. The summed E-state index contributed by atoms with van der Waals surface area (Å²) >= 11 is 0. The van der Waals surface area contributed by atoms with E-state index in [1.807, 2.05) is 20.8 Å². The van der Waals surface area contributed by atoms with Gasteiger partial charge in [-0.25, -0.2) is 0 Å². The number of carbonyl (C=O) groups is 12. The molecule has 8 aliphatic rings. The lowest BCUT2D eigenvalue weighted by Crippen LogP contribution is -2.65. The van der Waals surface area contributed by atoms with E-state index in [1.54, 1.807) is 18.7 Å². The molecule has 3 aliphatic carbocycles. The molecule has 28 heteroatoms. The number of likely N-dealkylation sites (tertiary alicyclic amines) is 1. The minimum atomic E-state index is -3.91. The first-order chi connectivity index (χ1) is 48.4. The van der Waals surface area contributed by atoms with Crippen LogP contribution in [-0.4, -0.2) is 256 Å². The highest BCUT2D eigenvalue weighted by molar-refractivity contribution is 6.01. The Labute approximate surface area is 599 Å². The number of amides is 12. The van der Waals surface area contributed by atoms with E-state index in [0.717, 1.165) is 51.4 Å².